The normalized spacial score (nSPS) is 24.1. The van der Waals surface area contributed by atoms with Crippen molar-refractivity contribution in [2.45, 2.75) is 89.3 Å². The van der Waals surface area contributed by atoms with Crippen molar-refractivity contribution < 1.29 is 14.2 Å². The topological polar surface area (TPSA) is 31.0 Å². The van der Waals surface area contributed by atoms with E-state index in [2.05, 4.69) is 13.5 Å². The summed E-state index contributed by atoms with van der Waals surface area (Å²) in [4.78, 5) is 0. The number of hydrogen-bond donors (Lipinski definition) is 0. The Labute approximate surface area is 142 Å². The molecule has 0 aromatic heterocycles. The van der Waals surface area contributed by atoms with Gasteiger partial charge in [0.05, 0.1) is 19.5 Å². The molecule has 2 atom stereocenters. The van der Waals surface area contributed by atoms with Crippen LogP contribution >= 0.6 is 0 Å². The maximum Gasteiger partial charge on any atom is 0.116 e. The predicted octanol–water partition coefficient (Wildman–Crippen LogP) is 5.24. The zero-order valence-electron chi connectivity index (χ0n) is 15.1. The quantitative estimate of drug-likeness (QED) is 0.264. The van der Waals surface area contributed by atoms with Gasteiger partial charge in [-0.3, -0.25) is 0 Å². The lowest BCUT2D eigenvalue weighted by molar-refractivity contribution is -0.135. The van der Waals surface area contributed by atoms with Crippen LogP contribution in [0.4, 0.5) is 0 Å². The molecule has 0 aromatic rings. The van der Waals surface area contributed by atoms with E-state index in [1.165, 1.54) is 64.2 Å². The van der Waals surface area contributed by atoms with E-state index in [-0.39, 0.29) is 5.60 Å². The van der Waals surface area contributed by atoms with Gasteiger partial charge in [-0.05, 0) is 25.2 Å². The summed E-state index contributed by atoms with van der Waals surface area (Å²) >= 11 is 0. The van der Waals surface area contributed by atoms with Gasteiger partial charge in [-0.15, -0.1) is 0 Å². The molecule has 1 saturated heterocycles. The van der Waals surface area contributed by atoms with Crippen LogP contribution in [0.25, 0.3) is 0 Å². The van der Waals surface area contributed by atoms with E-state index in [0.717, 1.165) is 19.6 Å². The fourth-order valence-corrected chi connectivity index (χ4v) is 3.91. The largest absolute Gasteiger partial charge is 0.499 e. The summed E-state index contributed by atoms with van der Waals surface area (Å²) in [5.74, 6) is 0.626. The Bertz CT molecular complexity index is 321. The van der Waals surface area contributed by atoms with Gasteiger partial charge in [0, 0.05) is 0 Å². The molecular formula is C20H36O3. The number of ether oxygens (including phenoxy) is 3. The lowest BCUT2D eigenvalue weighted by atomic mass is 9.74. The number of unbranched alkanes of at least 4 members (excludes halogenated alkanes) is 4. The van der Waals surface area contributed by atoms with E-state index in [1.807, 2.05) is 0 Å². The van der Waals surface area contributed by atoms with E-state index in [0.29, 0.717) is 18.6 Å². The van der Waals surface area contributed by atoms with Gasteiger partial charge < -0.3 is 14.2 Å². The lowest BCUT2D eigenvalue weighted by Crippen LogP contribution is -2.46. The number of epoxide rings is 1. The van der Waals surface area contributed by atoms with Crippen molar-refractivity contribution in [3.05, 3.63) is 12.8 Å². The summed E-state index contributed by atoms with van der Waals surface area (Å²) in [6, 6.07) is 0. The first-order chi connectivity index (χ1) is 11.3. The van der Waals surface area contributed by atoms with E-state index in [4.69, 9.17) is 14.2 Å². The van der Waals surface area contributed by atoms with Crippen LogP contribution in [0.1, 0.15) is 77.6 Å². The molecule has 1 heterocycles. The first-order valence-corrected chi connectivity index (χ1v) is 9.79. The van der Waals surface area contributed by atoms with Crippen molar-refractivity contribution in [2.75, 3.05) is 19.8 Å². The minimum absolute atomic E-state index is 0.132. The molecule has 3 heteroatoms. The average Bonchev–Trinajstić information content (AvgIpc) is 3.42. The molecule has 2 aliphatic rings. The van der Waals surface area contributed by atoms with Gasteiger partial charge >= 0.3 is 0 Å². The van der Waals surface area contributed by atoms with Crippen molar-refractivity contribution in [1.82, 2.24) is 0 Å². The predicted molar refractivity (Wildman–Crippen MR) is 94.5 cm³/mol. The monoisotopic (exact) mass is 324 g/mol. The summed E-state index contributed by atoms with van der Waals surface area (Å²) < 4.78 is 17.6. The molecule has 1 aliphatic heterocycles. The van der Waals surface area contributed by atoms with Crippen LogP contribution in [0.5, 0.6) is 0 Å². The standard InChI is InChI=1S/C20H36O3/c1-3-5-6-7-11-14-20(17-21-4-2,23-16-19-15-22-19)18-12-9-8-10-13-18/h4,18-19H,2-3,5-17H2,1H3. The maximum atomic E-state index is 6.50. The molecule has 0 N–H and O–H groups in total. The molecule has 2 unspecified atom stereocenters. The number of hydrogen-bond acceptors (Lipinski definition) is 3. The van der Waals surface area contributed by atoms with Gasteiger partial charge in [-0.1, -0.05) is 64.9 Å². The summed E-state index contributed by atoms with van der Waals surface area (Å²) in [6.07, 6.45) is 16.1. The second-order valence-electron chi connectivity index (χ2n) is 7.31. The van der Waals surface area contributed by atoms with Gasteiger partial charge in [-0.25, -0.2) is 0 Å². The van der Waals surface area contributed by atoms with Crippen LogP contribution in [-0.4, -0.2) is 31.5 Å². The van der Waals surface area contributed by atoms with Gasteiger partial charge in [-0.2, -0.15) is 0 Å². The van der Waals surface area contributed by atoms with Crippen molar-refractivity contribution in [3.63, 3.8) is 0 Å². The summed E-state index contributed by atoms with van der Waals surface area (Å²) in [7, 11) is 0. The molecule has 23 heavy (non-hydrogen) atoms. The number of rotatable bonds is 13. The second-order valence-corrected chi connectivity index (χ2v) is 7.31. The van der Waals surface area contributed by atoms with Crippen LogP contribution < -0.4 is 0 Å². The fraction of sp³-hybridized carbons (Fsp3) is 0.900. The van der Waals surface area contributed by atoms with Crippen molar-refractivity contribution >= 4 is 0 Å². The van der Waals surface area contributed by atoms with Gasteiger partial charge in [0.2, 0.25) is 0 Å². The SMILES string of the molecule is C=COCC(CCCCCCC)(OCC1CO1)C1CCCCC1. The van der Waals surface area contributed by atoms with Crippen molar-refractivity contribution in [1.29, 1.82) is 0 Å². The molecule has 2 rings (SSSR count). The molecule has 0 radical (unpaired) electrons. The highest BCUT2D eigenvalue weighted by Crippen LogP contribution is 2.39. The Hall–Kier alpha value is -0.540. The van der Waals surface area contributed by atoms with E-state index < -0.39 is 0 Å². The van der Waals surface area contributed by atoms with Gasteiger partial charge in [0.15, 0.2) is 0 Å². The zero-order valence-corrected chi connectivity index (χ0v) is 15.1. The van der Waals surface area contributed by atoms with Gasteiger partial charge in [0.1, 0.15) is 18.3 Å². The third-order valence-corrected chi connectivity index (χ3v) is 5.46. The highest BCUT2D eigenvalue weighted by Gasteiger charge is 2.42. The molecule has 134 valence electrons. The summed E-state index contributed by atoms with van der Waals surface area (Å²) in [5, 5.41) is 0. The van der Waals surface area contributed by atoms with Crippen LogP contribution in [0.15, 0.2) is 12.8 Å². The minimum Gasteiger partial charge on any atom is -0.499 e. The fourth-order valence-electron chi connectivity index (χ4n) is 3.91. The molecule has 3 nitrogen and oxygen atoms in total. The molecular weight excluding hydrogens is 288 g/mol. The smallest absolute Gasteiger partial charge is 0.116 e. The van der Waals surface area contributed by atoms with Crippen LogP contribution in [0.2, 0.25) is 0 Å². The van der Waals surface area contributed by atoms with Crippen LogP contribution in [-0.2, 0) is 14.2 Å². The summed E-state index contributed by atoms with van der Waals surface area (Å²) in [5.41, 5.74) is -0.132. The van der Waals surface area contributed by atoms with Crippen LogP contribution in [0.3, 0.4) is 0 Å². The third kappa shape index (κ3) is 6.46. The molecule has 1 saturated carbocycles. The average molecular weight is 325 g/mol. The van der Waals surface area contributed by atoms with E-state index in [1.54, 1.807) is 6.26 Å². The maximum absolute atomic E-state index is 6.50. The van der Waals surface area contributed by atoms with Gasteiger partial charge in [0.25, 0.3) is 0 Å². The Morgan fingerprint density at radius 1 is 1.13 bits per heavy atom. The highest BCUT2D eigenvalue weighted by atomic mass is 16.6. The highest BCUT2D eigenvalue weighted by molar-refractivity contribution is 4.91. The van der Waals surface area contributed by atoms with E-state index >= 15 is 0 Å². The molecule has 0 aromatic carbocycles. The second kappa shape index (κ2) is 10.4. The van der Waals surface area contributed by atoms with Crippen molar-refractivity contribution in [2.24, 2.45) is 5.92 Å². The zero-order chi connectivity index (χ0) is 16.4. The van der Waals surface area contributed by atoms with Crippen LogP contribution in [0, 0.1) is 5.92 Å². The first-order valence-electron chi connectivity index (χ1n) is 9.79. The molecule has 0 bridgehead atoms. The molecule has 0 spiro atoms. The first kappa shape index (κ1) is 18.8. The minimum atomic E-state index is -0.132. The Morgan fingerprint density at radius 2 is 1.87 bits per heavy atom. The third-order valence-electron chi connectivity index (χ3n) is 5.46. The Balaban J connectivity index is 1.94. The molecule has 1 aliphatic carbocycles. The Morgan fingerprint density at radius 3 is 2.52 bits per heavy atom. The van der Waals surface area contributed by atoms with Crippen molar-refractivity contribution in [3.8, 4) is 0 Å². The molecule has 0 amide bonds. The van der Waals surface area contributed by atoms with E-state index in [9.17, 15) is 0 Å². The lowest BCUT2D eigenvalue weighted by Gasteiger charge is -2.42. The Kier molecular flexibility index (Phi) is 8.46. The summed E-state index contributed by atoms with van der Waals surface area (Å²) in [6.45, 7) is 8.24. The molecule has 2 fully saturated rings.